The summed E-state index contributed by atoms with van der Waals surface area (Å²) in [6.07, 6.45) is 1.25. The molecule has 0 atom stereocenters. The van der Waals surface area contributed by atoms with Crippen LogP contribution in [-0.2, 0) is 9.84 Å². The van der Waals surface area contributed by atoms with E-state index in [1.165, 1.54) is 6.26 Å². The molecule has 0 aliphatic heterocycles. The number of halogens is 1. The summed E-state index contributed by atoms with van der Waals surface area (Å²) in [7, 11) is -3.19. The zero-order chi connectivity index (χ0) is 13.1. The van der Waals surface area contributed by atoms with E-state index in [-0.39, 0.29) is 6.04 Å². The van der Waals surface area contributed by atoms with Gasteiger partial charge in [-0.15, -0.1) is 0 Å². The zero-order valence-corrected chi connectivity index (χ0v) is 12.8. The van der Waals surface area contributed by atoms with Gasteiger partial charge in [-0.05, 0) is 26.0 Å². The maximum absolute atomic E-state index is 11.7. The second kappa shape index (κ2) is 5.87. The molecule has 5 heteroatoms. The van der Waals surface area contributed by atoms with Gasteiger partial charge in [0.25, 0.3) is 0 Å². The number of para-hydroxylation sites is 1. The Balaban J connectivity index is 3.29. The highest BCUT2D eigenvalue weighted by Gasteiger charge is 2.18. The van der Waals surface area contributed by atoms with E-state index in [0.29, 0.717) is 4.90 Å². The molecule has 0 amide bonds. The Hall–Kier alpha value is -0.550. The monoisotopic (exact) mass is 319 g/mol. The van der Waals surface area contributed by atoms with Gasteiger partial charge in [-0.25, -0.2) is 8.42 Å². The number of nitrogens with zero attached hydrogens (tertiary/aromatic N) is 1. The molecule has 17 heavy (non-hydrogen) atoms. The van der Waals surface area contributed by atoms with Gasteiger partial charge in [0.05, 0.1) is 10.6 Å². The van der Waals surface area contributed by atoms with Crippen LogP contribution in [0, 0.1) is 0 Å². The van der Waals surface area contributed by atoms with E-state index in [0.717, 1.165) is 17.6 Å². The number of hydrogen-bond acceptors (Lipinski definition) is 3. The Morgan fingerprint density at radius 2 is 1.88 bits per heavy atom. The molecule has 0 bridgehead atoms. The molecule has 3 nitrogen and oxygen atoms in total. The van der Waals surface area contributed by atoms with Crippen molar-refractivity contribution in [2.24, 2.45) is 0 Å². The van der Waals surface area contributed by atoms with Gasteiger partial charge >= 0.3 is 0 Å². The van der Waals surface area contributed by atoms with Gasteiger partial charge in [0, 0.05) is 24.2 Å². The minimum Gasteiger partial charge on any atom is -0.367 e. The van der Waals surface area contributed by atoms with Gasteiger partial charge < -0.3 is 4.90 Å². The van der Waals surface area contributed by atoms with Crippen molar-refractivity contribution in [2.75, 3.05) is 23.0 Å². The first-order chi connectivity index (χ1) is 7.88. The minimum atomic E-state index is -3.19. The highest BCUT2D eigenvalue weighted by Crippen LogP contribution is 2.26. The molecular weight excluding hydrogens is 302 g/mol. The Bertz CT molecular complexity index is 471. The van der Waals surface area contributed by atoms with Crippen molar-refractivity contribution in [2.45, 2.75) is 24.8 Å². The summed E-state index contributed by atoms with van der Waals surface area (Å²) in [4.78, 5) is 2.49. The highest BCUT2D eigenvalue weighted by atomic mass is 79.9. The molecule has 1 aromatic carbocycles. The molecule has 0 aliphatic carbocycles. The van der Waals surface area contributed by atoms with Crippen LogP contribution in [0.15, 0.2) is 29.2 Å². The van der Waals surface area contributed by atoms with Crippen LogP contribution in [0.1, 0.15) is 13.8 Å². The number of sulfone groups is 1. The number of alkyl halides is 1. The van der Waals surface area contributed by atoms with E-state index < -0.39 is 9.84 Å². The van der Waals surface area contributed by atoms with Gasteiger partial charge in [0.15, 0.2) is 9.84 Å². The molecule has 0 unspecified atom stereocenters. The highest BCUT2D eigenvalue weighted by molar-refractivity contribution is 9.09. The number of hydrogen-bond donors (Lipinski definition) is 0. The van der Waals surface area contributed by atoms with Crippen LogP contribution in [0.25, 0.3) is 0 Å². The molecule has 0 N–H and O–H groups in total. The third-order valence-corrected chi connectivity index (χ3v) is 4.02. The van der Waals surface area contributed by atoms with E-state index >= 15 is 0 Å². The Morgan fingerprint density at radius 3 is 2.35 bits per heavy atom. The first-order valence-electron chi connectivity index (χ1n) is 5.49. The number of anilines is 1. The van der Waals surface area contributed by atoms with Crippen molar-refractivity contribution in [3.05, 3.63) is 24.3 Å². The minimum absolute atomic E-state index is 0.260. The van der Waals surface area contributed by atoms with Gasteiger partial charge in [-0.1, -0.05) is 28.1 Å². The van der Waals surface area contributed by atoms with E-state index in [1.807, 2.05) is 12.1 Å². The summed E-state index contributed by atoms with van der Waals surface area (Å²) in [5, 5.41) is 0.809. The Morgan fingerprint density at radius 1 is 1.29 bits per heavy atom. The molecule has 0 saturated heterocycles. The SMILES string of the molecule is CC(C)N(CCBr)c1ccccc1S(C)(=O)=O. The van der Waals surface area contributed by atoms with Crippen LogP contribution in [0.2, 0.25) is 0 Å². The smallest absolute Gasteiger partial charge is 0.177 e. The van der Waals surface area contributed by atoms with Crippen molar-refractivity contribution in [1.29, 1.82) is 0 Å². The average Bonchev–Trinajstić information content (AvgIpc) is 2.24. The van der Waals surface area contributed by atoms with E-state index in [2.05, 4.69) is 34.7 Å². The maximum Gasteiger partial charge on any atom is 0.177 e. The standard InChI is InChI=1S/C12H18BrNO2S/c1-10(2)14(9-8-13)11-6-4-5-7-12(11)17(3,15)16/h4-7,10H,8-9H2,1-3H3. The van der Waals surface area contributed by atoms with E-state index in [4.69, 9.17) is 0 Å². The summed E-state index contributed by atoms with van der Waals surface area (Å²) >= 11 is 3.40. The van der Waals surface area contributed by atoms with Crippen molar-refractivity contribution in [3.63, 3.8) is 0 Å². The fourth-order valence-electron chi connectivity index (χ4n) is 1.76. The summed E-state index contributed by atoms with van der Waals surface area (Å²) in [6.45, 7) is 4.90. The lowest BCUT2D eigenvalue weighted by molar-refractivity contribution is 0.600. The van der Waals surface area contributed by atoms with Gasteiger partial charge in [0.1, 0.15) is 0 Å². The summed E-state index contributed by atoms with van der Waals surface area (Å²) < 4.78 is 23.5. The lowest BCUT2D eigenvalue weighted by atomic mass is 10.2. The van der Waals surface area contributed by atoms with E-state index in [1.54, 1.807) is 12.1 Å². The topological polar surface area (TPSA) is 37.4 Å². The second-order valence-corrected chi connectivity index (χ2v) is 6.99. The maximum atomic E-state index is 11.7. The third-order valence-electron chi connectivity index (χ3n) is 2.52. The normalized spacial score (nSPS) is 11.8. The fraction of sp³-hybridized carbons (Fsp3) is 0.500. The fourth-order valence-corrected chi connectivity index (χ4v) is 3.03. The first-order valence-corrected chi connectivity index (χ1v) is 8.51. The molecule has 0 saturated carbocycles. The van der Waals surface area contributed by atoms with Crippen molar-refractivity contribution in [1.82, 2.24) is 0 Å². The van der Waals surface area contributed by atoms with Crippen LogP contribution in [-0.4, -0.2) is 32.6 Å². The molecule has 0 heterocycles. The molecule has 1 aromatic rings. The van der Waals surface area contributed by atoms with Crippen molar-refractivity contribution < 1.29 is 8.42 Å². The average molecular weight is 320 g/mol. The molecule has 0 spiro atoms. The number of benzene rings is 1. The van der Waals surface area contributed by atoms with Crippen LogP contribution in [0.4, 0.5) is 5.69 Å². The second-order valence-electron chi connectivity index (χ2n) is 4.22. The largest absolute Gasteiger partial charge is 0.367 e. The third kappa shape index (κ3) is 3.71. The molecule has 0 aromatic heterocycles. The molecule has 0 aliphatic rings. The van der Waals surface area contributed by atoms with Crippen molar-refractivity contribution in [3.8, 4) is 0 Å². The lowest BCUT2D eigenvalue weighted by Crippen LogP contribution is -2.33. The van der Waals surface area contributed by atoms with Gasteiger partial charge in [-0.2, -0.15) is 0 Å². The zero-order valence-electron chi connectivity index (χ0n) is 10.4. The summed E-state index contributed by atoms with van der Waals surface area (Å²) in [6, 6.07) is 7.41. The molecule has 0 radical (unpaired) electrons. The summed E-state index contributed by atoms with van der Waals surface area (Å²) in [5.74, 6) is 0. The Labute approximate surface area is 112 Å². The van der Waals surface area contributed by atoms with E-state index in [9.17, 15) is 8.42 Å². The molecule has 1 rings (SSSR count). The molecular formula is C12H18BrNO2S. The predicted molar refractivity (Wildman–Crippen MR) is 75.8 cm³/mol. The van der Waals surface area contributed by atoms with Crippen LogP contribution < -0.4 is 4.90 Å². The van der Waals surface area contributed by atoms with Crippen molar-refractivity contribution >= 4 is 31.5 Å². The van der Waals surface area contributed by atoms with Crippen LogP contribution in [0.3, 0.4) is 0 Å². The lowest BCUT2D eigenvalue weighted by Gasteiger charge is -2.29. The number of rotatable bonds is 5. The Kier molecular flexibility index (Phi) is 5.01. The molecule has 96 valence electrons. The quantitative estimate of drug-likeness (QED) is 0.783. The van der Waals surface area contributed by atoms with Gasteiger partial charge in [-0.3, -0.25) is 0 Å². The van der Waals surface area contributed by atoms with Crippen LogP contribution in [0.5, 0.6) is 0 Å². The predicted octanol–water partition coefficient (Wildman–Crippen LogP) is 2.70. The first kappa shape index (κ1) is 14.5. The molecule has 0 fully saturated rings. The van der Waals surface area contributed by atoms with Gasteiger partial charge in [0.2, 0.25) is 0 Å². The summed E-state index contributed by atoms with van der Waals surface area (Å²) in [5.41, 5.74) is 0.782. The van der Waals surface area contributed by atoms with Crippen LogP contribution >= 0.6 is 15.9 Å².